The number of anilines is 1. The molecule has 0 saturated heterocycles. The Labute approximate surface area is 166 Å². The standard InChI is InChI=1S/C23H14N2O2S/c26-20-17-13-7-8-14-18(17)21(27)19(20)23-25(16-11-5-2-6-12-16)24-22(28-23)15-9-3-1-4-10-15/h1-14H. The van der Waals surface area contributed by atoms with E-state index in [1.807, 2.05) is 60.7 Å². The number of thioether (sulfide) groups is 1. The summed E-state index contributed by atoms with van der Waals surface area (Å²) in [5.74, 6) is -0.484. The molecule has 1 aliphatic carbocycles. The number of fused-ring (bicyclic) bond motifs is 1. The Morgan fingerprint density at radius 1 is 0.679 bits per heavy atom. The molecule has 5 rings (SSSR count). The molecule has 0 saturated carbocycles. The minimum atomic E-state index is -0.242. The van der Waals surface area contributed by atoms with Crippen LogP contribution >= 0.6 is 11.8 Å². The molecule has 0 unspecified atom stereocenters. The van der Waals surface area contributed by atoms with Gasteiger partial charge in [0, 0.05) is 16.7 Å². The van der Waals surface area contributed by atoms with Gasteiger partial charge in [-0.1, -0.05) is 72.8 Å². The zero-order valence-electron chi connectivity index (χ0n) is 14.7. The number of carbonyl (C=O) groups excluding carboxylic acids is 2. The molecule has 2 aliphatic rings. The van der Waals surface area contributed by atoms with E-state index in [1.54, 1.807) is 29.3 Å². The molecule has 0 aromatic heterocycles. The first-order chi connectivity index (χ1) is 13.7. The fourth-order valence-electron chi connectivity index (χ4n) is 3.34. The van der Waals surface area contributed by atoms with Crippen LogP contribution in [0.2, 0.25) is 0 Å². The third kappa shape index (κ3) is 2.60. The predicted molar refractivity (Wildman–Crippen MR) is 112 cm³/mol. The van der Waals surface area contributed by atoms with E-state index in [1.165, 1.54) is 11.8 Å². The molecule has 5 heteroatoms. The van der Waals surface area contributed by atoms with Crippen LogP contribution in [0.5, 0.6) is 0 Å². The highest BCUT2D eigenvalue weighted by Gasteiger charge is 2.39. The van der Waals surface area contributed by atoms with E-state index in [2.05, 4.69) is 0 Å². The van der Waals surface area contributed by atoms with Gasteiger partial charge in [0.2, 0.25) is 0 Å². The summed E-state index contributed by atoms with van der Waals surface area (Å²) in [6.07, 6.45) is 0. The second kappa shape index (κ2) is 6.62. The lowest BCUT2D eigenvalue weighted by molar-refractivity contribution is 0.0988. The van der Waals surface area contributed by atoms with Crippen LogP contribution in [0.25, 0.3) is 0 Å². The van der Waals surface area contributed by atoms with Crippen molar-refractivity contribution < 1.29 is 9.59 Å². The van der Waals surface area contributed by atoms with E-state index in [9.17, 15) is 9.59 Å². The quantitative estimate of drug-likeness (QED) is 0.468. The van der Waals surface area contributed by atoms with Crippen LogP contribution in [0.1, 0.15) is 26.3 Å². The van der Waals surface area contributed by atoms with Gasteiger partial charge in [-0.05, 0) is 23.9 Å². The molecular formula is C23H14N2O2S. The molecular weight excluding hydrogens is 368 g/mol. The van der Waals surface area contributed by atoms with Gasteiger partial charge in [-0.15, -0.1) is 0 Å². The van der Waals surface area contributed by atoms with Crippen LogP contribution in [0.15, 0.2) is 101 Å². The highest BCUT2D eigenvalue weighted by molar-refractivity contribution is 8.18. The summed E-state index contributed by atoms with van der Waals surface area (Å²) in [7, 11) is 0. The molecule has 1 heterocycles. The van der Waals surface area contributed by atoms with Crippen molar-refractivity contribution in [3.8, 4) is 0 Å². The van der Waals surface area contributed by atoms with Crippen molar-refractivity contribution in [1.29, 1.82) is 0 Å². The Morgan fingerprint density at radius 2 is 1.21 bits per heavy atom. The third-order valence-electron chi connectivity index (χ3n) is 4.68. The van der Waals surface area contributed by atoms with Crippen LogP contribution < -0.4 is 5.01 Å². The number of nitrogens with zero attached hydrogens (tertiary/aromatic N) is 2. The lowest BCUT2D eigenvalue weighted by Gasteiger charge is -2.16. The number of Topliss-reactive ketones (excluding diaryl/α,β-unsaturated/α-hetero) is 2. The summed E-state index contributed by atoms with van der Waals surface area (Å²) < 4.78 is 0. The van der Waals surface area contributed by atoms with Crippen molar-refractivity contribution >= 4 is 34.1 Å². The summed E-state index contributed by atoms with van der Waals surface area (Å²) in [5.41, 5.74) is 2.85. The number of ketones is 2. The van der Waals surface area contributed by atoms with Gasteiger partial charge in [0.05, 0.1) is 5.69 Å². The fourth-order valence-corrected chi connectivity index (χ4v) is 4.42. The molecule has 0 radical (unpaired) electrons. The van der Waals surface area contributed by atoms with Crippen molar-refractivity contribution in [2.45, 2.75) is 0 Å². The maximum Gasteiger partial charge on any atom is 0.200 e. The fraction of sp³-hybridized carbons (Fsp3) is 0. The number of benzene rings is 3. The number of para-hydroxylation sites is 1. The largest absolute Gasteiger partial charge is 0.288 e. The number of rotatable bonds is 2. The van der Waals surface area contributed by atoms with Crippen molar-refractivity contribution in [1.82, 2.24) is 0 Å². The Kier molecular flexibility index (Phi) is 3.95. The molecule has 0 bridgehead atoms. The normalized spacial score (nSPS) is 15.9. The molecule has 0 spiro atoms. The van der Waals surface area contributed by atoms with Crippen molar-refractivity contribution in [3.63, 3.8) is 0 Å². The van der Waals surface area contributed by atoms with Crippen LogP contribution in [-0.4, -0.2) is 16.6 Å². The van der Waals surface area contributed by atoms with Crippen LogP contribution in [0.3, 0.4) is 0 Å². The van der Waals surface area contributed by atoms with Gasteiger partial charge in [-0.2, -0.15) is 5.10 Å². The van der Waals surface area contributed by atoms with E-state index in [-0.39, 0.29) is 17.1 Å². The second-order valence-corrected chi connectivity index (χ2v) is 7.38. The summed E-state index contributed by atoms with van der Waals surface area (Å²) in [6.45, 7) is 0. The van der Waals surface area contributed by atoms with E-state index in [0.29, 0.717) is 16.2 Å². The molecule has 0 N–H and O–H groups in total. The number of hydrogen-bond acceptors (Lipinski definition) is 5. The van der Waals surface area contributed by atoms with E-state index in [4.69, 9.17) is 5.10 Å². The van der Waals surface area contributed by atoms with Gasteiger partial charge in [0.1, 0.15) is 15.6 Å². The van der Waals surface area contributed by atoms with Crippen LogP contribution in [0.4, 0.5) is 5.69 Å². The molecule has 1 aliphatic heterocycles. The highest BCUT2D eigenvalue weighted by atomic mass is 32.2. The third-order valence-corrected chi connectivity index (χ3v) is 5.76. The molecule has 3 aromatic rings. The van der Waals surface area contributed by atoms with Gasteiger partial charge in [-0.3, -0.25) is 9.59 Å². The zero-order valence-corrected chi connectivity index (χ0v) is 15.5. The average molecular weight is 382 g/mol. The summed E-state index contributed by atoms with van der Waals surface area (Å²) in [5, 5.41) is 7.74. The highest BCUT2D eigenvalue weighted by Crippen LogP contribution is 2.42. The lowest BCUT2D eigenvalue weighted by Crippen LogP contribution is -2.16. The molecule has 0 fully saturated rings. The topological polar surface area (TPSA) is 49.7 Å². The second-order valence-electron chi connectivity index (χ2n) is 6.40. The van der Waals surface area contributed by atoms with Gasteiger partial charge in [0.15, 0.2) is 11.6 Å². The van der Waals surface area contributed by atoms with Crippen molar-refractivity contribution in [2.75, 3.05) is 5.01 Å². The van der Waals surface area contributed by atoms with E-state index in [0.717, 1.165) is 16.3 Å². The molecule has 0 atom stereocenters. The molecule has 134 valence electrons. The van der Waals surface area contributed by atoms with Crippen molar-refractivity contribution in [2.24, 2.45) is 5.10 Å². The SMILES string of the molecule is O=C1C(=C2SC(c3ccccc3)=NN2c2ccccc2)C(=O)c2ccccc21. The summed E-state index contributed by atoms with van der Waals surface area (Å²) in [6, 6.07) is 26.3. The first-order valence-electron chi connectivity index (χ1n) is 8.84. The number of carbonyl (C=O) groups is 2. The van der Waals surface area contributed by atoms with Gasteiger partial charge >= 0.3 is 0 Å². The van der Waals surface area contributed by atoms with E-state index < -0.39 is 0 Å². The Bertz CT molecular complexity index is 1130. The Balaban J connectivity index is 1.68. The minimum Gasteiger partial charge on any atom is -0.288 e. The smallest absolute Gasteiger partial charge is 0.200 e. The summed E-state index contributed by atoms with van der Waals surface area (Å²) >= 11 is 1.36. The van der Waals surface area contributed by atoms with Crippen molar-refractivity contribution in [3.05, 3.63) is 112 Å². The molecule has 3 aromatic carbocycles. The molecule has 28 heavy (non-hydrogen) atoms. The van der Waals surface area contributed by atoms with Gasteiger partial charge in [0.25, 0.3) is 0 Å². The molecule has 0 amide bonds. The van der Waals surface area contributed by atoms with E-state index >= 15 is 0 Å². The van der Waals surface area contributed by atoms with Gasteiger partial charge < -0.3 is 0 Å². The number of allylic oxidation sites excluding steroid dienone is 1. The first kappa shape index (κ1) is 16.7. The Hall–Kier alpha value is -3.44. The Morgan fingerprint density at radius 3 is 1.82 bits per heavy atom. The number of hydrazone groups is 1. The molecule has 4 nitrogen and oxygen atoms in total. The maximum absolute atomic E-state index is 13.0. The lowest BCUT2D eigenvalue weighted by atomic mass is 10.1. The summed E-state index contributed by atoms with van der Waals surface area (Å²) in [4.78, 5) is 26.1. The average Bonchev–Trinajstić information content (AvgIpc) is 3.29. The van der Waals surface area contributed by atoms with Gasteiger partial charge in [-0.25, -0.2) is 5.01 Å². The maximum atomic E-state index is 13.0. The minimum absolute atomic E-state index is 0.185. The predicted octanol–water partition coefficient (Wildman–Crippen LogP) is 4.89. The van der Waals surface area contributed by atoms with Crippen LogP contribution in [0, 0.1) is 0 Å². The first-order valence-corrected chi connectivity index (χ1v) is 9.65. The van der Waals surface area contributed by atoms with Crippen LogP contribution in [-0.2, 0) is 0 Å². The monoisotopic (exact) mass is 382 g/mol. The number of hydrogen-bond donors (Lipinski definition) is 0. The zero-order chi connectivity index (χ0) is 19.1.